The number of amides is 1. The minimum absolute atomic E-state index is 0.00878. The second-order valence-electron chi connectivity index (χ2n) is 8.14. The summed E-state index contributed by atoms with van der Waals surface area (Å²) in [5, 5.41) is 16.6. The third-order valence-electron chi connectivity index (χ3n) is 5.74. The normalized spacial score (nSPS) is 18.7. The van der Waals surface area contributed by atoms with E-state index < -0.39 is 28.9 Å². The van der Waals surface area contributed by atoms with Crippen LogP contribution in [-0.4, -0.2) is 28.9 Å². The quantitative estimate of drug-likeness (QED) is 0.124. The standard InChI is InChI=1S/C24H24BrF2IN2O3/c1-24(10-3-11-30-24)22(32)20(19(31)9-7-14-6-8-16(25)12-18(14)28)23(33)29-13-15-4-2-5-17(26)21(15)27/h2,4-6,8,12,30,32H,3,7,9-11,13H2,1H3,(H,29,33)/b22-20+. The summed E-state index contributed by atoms with van der Waals surface area (Å²) in [4.78, 5) is 26.2. The molecule has 3 rings (SSSR count). The number of benzene rings is 2. The second-order valence-corrected chi connectivity index (χ2v) is 10.2. The second kappa shape index (κ2) is 11.1. The number of carbonyl (C=O) groups is 2. The summed E-state index contributed by atoms with van der Waals surface area (Å²) in [7, 11) is 0. The van der Waals surface area contributed by atoms with Crippen LogP contribution in [-0.2, 0) is 22.6 Å². The van der Waals surface area contributed by atoms with E-state index in [9.17, 15) is 23.5 Å². The fraction of sp³-hybridized carbons (Fsp3) is 0.333. The van der Waals surface area contributed by atoms with Gasteiger partial charge in [-0.3, -0.25) is 9.59 Å². The molecule has 1 aliphatic heterocycles. The zero-order valence-corrected chi connectivity index (χ0v) is 21.7. The number of carbonyl (C=O) groups excluding carboxylic acids is 2. The van der Waals surface area contributed by atoms with Crippen LogP contribution in [0.1, 0.15) is 37.3 Å². The molecule has 1 heterocycles. The molecule has 3 N–H and O–H groups in total. The van der Waals surface area contributed by atoms with Gasteiger partial charge in [0, 0.05) is 26.6 Å². The predicted molar refractivity (Wildman–Crippen MR) is 134 cm³/mol. The molecule has 33 heavy (non-hydrogen) atoms. The Morgan fingerprint density at radius 3 is 2.67 bits per heavy atom. The highest BCUT2D eigenvalue weighted by atomic mass is 127. The van der Waals surface area contributed by atoms with E-state index >= 15 is 0 Å². The van der Waals surface area contributed by atoms with Crippen LogP contribution in [0.3, 0.4) is 0 Å². The lowest BCUT2D eigenvalue weighted by atomic mass is 9.90. The van der Waals surface area contributed by atoms with Crippen LogP contribution in [0.5, 0.6) is 0 Å². The lowest BCUT2D eigenvalue weighted by Gasteiger charge is -2.25. The summed E-state index contributed by atoms with van der Waals surface area (Å²) < 4.78 is 29.4. The van der Waals surface area contributed by atoms with Crippen molar-refractivity contribution in [3.8, 4) is 0 Å². The first kappa shape index (κ1) is 25.8. The Bertz CT molecular complexity index is 1100. The van der Waals surface area contributed by atoms with E-state index in [1.54, 1.807) is 6.92 Å². The van der Waals surface area contributed by atoms with Crippen LogP contribution >= 0.6 is 38.5 Å². The first-order valence-electron chi connectivity index (χ1n) is 10.5. The Balaban J connectivity index is 1.83. The largest absolute Gasteiger partial charge is 0.509 e. The van der Waals surface area contributed by atoms with Crippen molar-refractivity contribution in [1.29, 1.82) is 0 Å². The van der Waals surface area contributed by atoms with E-state index in [-0.39, 0.29) is 29.9 Å². The van der Waals surface area contributed by atoms with Gasteiger partial charge in [0.1, 0.15) is 11.3 Å². The Morgan fingerprint density at radius 2 is 2.00 bits per heavy atom. The van der Waals surface area contributed by atoms with Crippen LogP contribution < -0.4 is 10.6 Å². The van der Waals surface area contributed by atoms with Crippen LogP contribution in [0, 0.1) is 15.2 Å². The SMILES string of the molecule is CC1(/C(O)=C(/C(=O)CCc2ccc(Br)cc2I)C(=O)NCc2cccc(F)c2F)CCCN1. The molecule has 1 atom stereocenters. The molecule has 1 amide bonds. The van der Waals surface area contributed by atoms with E-state index in [0.717, 1.165) is 26.1 Å². The molecule has 0 bridgehead atoms. The number of aliphatic hydroxyl groups excluding tert-OH is 1. The Hall–Kier alpha value is -1.85. The fourth-order valence-corrected chi connectivity index (χ4v) is 5.36. The van der Waals surface area contributed by atoms with Crippen molar-refractivity contribution in [1.82, 2.24) is 10.6 Å². The maximum atomic E-state index is 14.0. The first-order valence-corrected chi connectivity index (χ1v) is 12.4. The molecule has 176 valence electrons. The zero-order chi connectivity index (χ0) is 24.2. The van der Waals surface area contributed by atoms with Gasteiger partial charge in [0.05, 0.1) is 5.54 Å². The van der Waals surface area contributed by atoms with Gasteiger partial charge in [-0.05, 0) is 79.1 Å². The molecular formula is C24H24BrF2IN2O3. The van der Waals surface area contributed by atoms with Gasteiger partial charge in [-0.1, -0.05) is 34.1 Å². The molecule has 2 aromatic carbocycles. The highest BCUT2D eigenvalue weighted by molar-refractivity contribution is 14.1. The molecule has 1 unspecified atom stereocenters. The van der Waals surface area contributed by atoms with Gasteiger partial charge < -0.3 is 15.7 Å². The number of Topliss-reactive ketones (excluding diaryl/α,β-unsaturated/α-hetero) is 1. The smallest absolute Gasteiger partial charge is 0.258 e. The van der Waals surface area contributed by atoms with Gasteiger partial charge in [-0.15, -0.1) is 0 Å². The number of nitrogens with one attached hydrogen (secondary N) is 2. The average molecular weight is 633 g/mol. The maximum Gasteiger partial charge on any atom is 0.258 e. The molecule has 5 nitrogen and oxygen atoms in total. The van der Waals surface area contributed by atoms with Crippen molar-refractivity contribution in [3.05, 3.63) is 78.5 Å². The highest BCUT2D eigenvalue weighted by Crippen LogP contribution is 2.29. The lowest BCUT2D eigenvalue weighted by Crippen LogP contribution is -2.42. The van der Waals surface area contributed by atoms with Crippen molar-refractivity contribution in [2.45, 2.75) is 44.7 Å². The minimum Gasteiger partial charge on any atom is -0.509 e. The number of hydrogen-bond donors (Lipinski definition) is 3. The number of halogens is 4. The van der Waals surface area contributed by atoms with E-state index in [1.807, 2.05) is 18.2 Å². The van der Waals surface area contributed by atoms with Crippen LogP contribution in [0.2, 0.25) is 0 Å². The summed E-state index contributed by atoms with van der Waals surface area (Å²) in [6.07, 6.45) is 1.74. The van der Waals surface area contributed by atoms with E-state index in [2.05, 4.69) is 49.2 Å². The van der Waals surface area contributed by atoms with Gasteiger partial charge in [-0.25, -0.2) is 8.78 Å². The highest BCUT2D eigenvalue weighted by Gasteiger charge is 2.38. The molecule has 9 heteroatoms. The topological polar surface area (TPSA) is 78.4 Å². The third kappa shape index (κ3) is 6.19. The molecule has 0 saturated carbocycles. The summed E-state index contributed by atoms with van der Waals surface area (Å²) >= 11 is 5.58. The van der Waals surface area contributed by atoms with E-state index in [0.29, 0.717) is 19.4 Å². The molecule has 1 saturated heterocycles. The van der Waals surface area contributed by atoms with Crippen molar-refractivity contribution in [3.63, 3.8) is 0 Å². The zero-order valence-electron chi connectivity index (χ0n) is 18.0. The first-order chi connectivity index (χ1) is 15.6. The molecule has 0 radical (unpaired) electrons. The van der Waals surface area contributed by atoms with Gasteiger partial charge in [-0.2, -0.15) is 0 Å². The van der Waals surface area contributed by atoms with Gasteiger partial charge in [0.2, 0.25) is 0 Å². The van der Waals surface area contributed by atoms with Crippen LogP contribution in [0.4, 0.5) is 8.78 Å². The van der Waals surface area contributed by atoms with Gasteiger partial charge in [0.15, 0.2) is 17.4 Å². The summed E-state index contributed by atoms with van der Waals surface area (Å²) in [5.41, 5.74) is -0.364. The Kier molecular flexibility index (Phi) is 8.63. The van der Waals surface area contributed by atoms with Crippen molar-refractivity contribution in [2.24, 2.45) is 0 Å². The average Bonchev–Trinajstić information content (AvgIpc) is 3.22. The molecule has 0 aliphatic carbocycles. The molecule has 1 aliphatic rings. The Morgan fingerprint density at radius 1 is 1.24 bits per heavy atom. The summed E-state index contributed by atoms with van der Waals surface area (Å²) in [6.45, 7) is 2.07. The fourth-order valence-electron chi connectivity index (χ4n) is 3.79. The van der Waals surface area contributed by atoms with Crippen LogP contribution in [0.25, 0.3) is 0 Å². The summed E-state index contributed by atoms with van der Waals surface area (Å²) in [6, 6.07) is 9.37. The molecule has 0 spiro atoms. The third-order valence-corrected chi connectivity index (χ3v) is 7.24. The summed E-state index contributed by atoms with van der Waals surface area (Å²) in [5.74, 6) is -3.75. The maximum absolute atomic E-state index is 14.0. The number of rotatable bonds is 8. The molecule has 1 fully saturated rings. The number of ketones is 1. The van der Waals surface area contributed by atoms with Gasteiger partial charge in [0.25, 0.3) is 5.91 Å². The number of hydrogen-bond acceptors (Lipinski definition) is 4. The van der Waals surface area contributed by atoms with E-state index in [1.165, 1.54) is 12.1 Å². The van der Waals surface area contributed by atoms with Crippen molar-refractivity contribution < 1.29 is 23.5 Å². The monoisotopic (exact) mass is 632 g/mol. The van der Waals surface area contributed by atoms with Crippen molar-refractivity contribution in [2.75, 3.05) is 6.54 Å². The number of aryl methyl sites for hydroxylation is 1. The van der Waals surface area contributed by atoms with Crippen LogP contribution in [0.15, 0.2) is 52.2 Å². The number of aliphatic hydroxyl groups is 1. The van der Waals surface area contributed by atoms with E-state index in [4.69, 9.17) is 0 Å². The molecule has 0 aromatic heterocycles. The molecular weight excluding hydrogens is 609 g/mol. The minimum atomic E-state index is -1.06. The van der Waals surface area contributed by atoms with Gasteiger partial charge >= 0.3 is 0 Å². The predicted octanol–water partition coefficient (Wildman–Crippen LogP) is 5.10. The Labute approximate surface area is 213 Å². The van der Waals surface area contributed by atoms with Crippen molar-refractivity contribution >= 4 is 50.2 Å². The molecule has 2 aromatic rings. The lowest BCUT2D eigenvalue weighted by molar-refractivity contribution is -0.123.